The SMILES string of the molecule is Cc1cc(S(=O)(=O)N2CCC(N)CC2)sc1Br. The van der Waals surface area contributed by atoms with E-state index in [9.17, 15) is 8.42 Å². The molecule has 2 N–H and O–H groups in total. The van der Waals surface area contributed by atoms with Gasteiger partial charge in [0.05, 0.1) is 3.79 Å². The average molecular weight is 339 g/mol. The fraction of sp³-hybridized carbons (Fsp3) is 0.600. The summed E-state index contributed by atoms with van der Waals surface area (Å²) in [6.45, 7) is 2.95. The van der Waals surface area contributed by atoms with Gasteiger partial charge in [-0.05, 0) is 47.3 Å². The van der Waals surface area contributed by atoms with Crippen LogP contribution in [0, 0.1) is 6.92 Å². The van der Waals surface area contributed by atoms with Gasteiger partial charge in [0.2, 0.25) is 0 Å². The van der Waals surface area contributed by atoms with Crippen molar-refractivity contribution < 1.29 is 8.42 Å². The van der Waals surface area contributed by atoms with E-state index < -0.39 is 10.0 Å². The Morgan fingerprint density at radius 2 is 2.06 bits per heavy atom. The van der Waals surface area contributed by atoms with Gasteiger partial charge in [0.1, 0.15) is 4.21 Å². The zero-order chi connectivity index (χ0) is 12.6. The van der Waals surface area contributed by atoms with Crippen molar-refractivity contribution in [3.63, 3.8) is 0 Å². The van der Waals surface area contributed by atoms with Crippen molar-refractivity contribution >= 4 is 37.3 Å². The summed E-state index contributed by atoms with van der Waals surface area (Å²) >= 11 is 4.63. The normalized spacial score (nSPS) is 19.7. The van der Waals surface area contributed by atoms with E-state index in [0.29, 0.717) is 17.3 Å². The quantitative estimate of drug-likeness (QED) is 0.896. The lowest BCUT2D eigenvalue weighted by atomic mass is 10.1. The number of hydrogen-bond donors (Lipinski definition) is 1. The summed E-state index contributed by atoms with van der Waals surface area (Å²) in [6, 6.07) is 1.86. The molecule has 96 valence electrons. The van der Waals surface area contributed by atoms with E-state index in [1.54, 1.807) is 6.07 Å². The Bertz CT molecular complexity index is 485. The number of nitrogens with two attached hydrogens (primary N) is 1. The van der Waals surface area contributed by atoms with Crippen LogP contribution in [0.3, 0.4) is 0 Å². The molecule has 1 saturated heterocycles. The lowest BCUT2D eigenvalue weighted by Crippen LogP contribution is -2.42. The van der Waals surface area contributed by atoms with Gasteiger partial charge in [-0.2, -0.15) is 4.31 Å². The van der Waals surface area contributed by atoms with E-state index >= 15 is 0 Å². The summed E-state index contributed by atoms with van der Waals surface area (Å²) in [5.41, 5.74) is 6.74. The first-order chi connectivity index (χ1) is 7.91. The molecule has 1 fully saturated rings. The molecule has 0 saturated carbocycles. The third-order valence-corrected chi connectivity index (χ3v) is 7.41. The predicted octanol–water partition coefficient (Wildman–Crippen LogP) is 1.93. The Morgan fingerprint density at radius 1 is 1.47 bits per heavy atom. The van der Waals surface area contributed by atoms with Gasteiger partial charge in [-0.3, -0.25) is 0 Å². The van der Waals surface area contributed by atoms with E-state index in [-0.39, 0.29) is 6.04 Å². The minimum Gasteiger partial charge on any atom is -0.328 e. The van der Waals surface area contributed by atoms with Gasteiger partial charge in [0.25, 0.3) is 10.0 Å². The molecule has 17 heavy (non-hydrogen) atoms. The van der Waals surface area contributed by atoms with Gasteiger partial charge < -0.3 is 5.73 Å². The van der Waals surface area contributed by atoms with E-state index in [1.807, 2.05) is 6.92 Å². The minimum absolute atomic E-state index is 0.137. The maximum atomic E-state index is 12.3. The molecule has 0 spiro atoms. The van der Waals surface area contributed by atoms with Crippen LogP contribution in [0.25, 0.3) is 0 Å². The summed E-state index contributed by atoms with van der Waals surface area (Å²) in [4.78, 5) is 0. The highest BCUT2D eigenvalue weighted by Crippen LogP contribution is 2.33. The third kappa shape index (κ3) is 2.73. The Morgan fingerprint density at radius 3 is 2.53 bits per heavy atom. The Hall–Kier alpha value is 0.0500. The van der Waals surface area contributed by atoms with Crippen molar-refractivity contribution in [2.45, 2.75) is 30.0 Å². The molecule has 0 aliphatic carbocycles. The third-order valence-electron chi connectivity index (χ3n) is 2.93. The molecule has 4 nitrogen and oxygen atoms in total. The fourth-order valence-electron chi connectivity index (χ4n) is 1.80. The van der Waals surface area contributed by atoms with Crippen LogP contribution in [0.1, 0.15) is 18.4 Å². The van der Waals surface area contributed by atoms with Gasteiger partial charge in [-0.15, -0.1) is 11.3 Å². The lowest BCUT2D eigenvalue weighted by Gasteiger charge is -2.28. The zero-order valence-corrected chi connectivity index (χ0v) is 12.7. The molecule has 0 unspecified atom stereocenters. The molecule has 0 radical (unpaired) electrons. The topological polar surface area (TPSA) is 63.4 Å². The summed E-state index contributed by atoms with van der Waals surface area (Å²) in [5.74, 6) is 0. The van der Waals surface area contributed by atoms with Crippen LogP contribution in [0.4, 0.5) is 0 Å². The van der Waals surface area contributed by atoms with Gasteiger partial charge >= 0.3 is 0 Å². The molecule has 1 aromatic heterocycles. The molecule has 1 aliphatic rings. The van der Waals surface area contributed by atoms with Crippen LogP contribution in [0.2, 0.25) is 0 Å². The number of nitrogens with zero attached hydrogens (tertiary/aromatic N) is 1. The van der Waals surface area contributed by atoms with Gasteiger partial charge in [-0.1, -0.05) is 0 Å². The molecule has 0 aromatic carbocycles. The largest absolute Gasteiger partial charge is 0.328 e. The molecule has 7 heteroatoms. The Balaban J connectivity index is 2.24. The average Bonchev–Trinajstić information content (AvgIpc) is 2.60. The van der Waals surface area contributed by atoms with Gasteiger partial charge in [0, 0.05) is 19.1 Å². The second-order valence-electron chi connectivity index (χ2n) is 4.26. The lowest BCUT2D eigenvalue weighted by molar-refractivity contribution is 0.320. The first-order valence-corrected chi connectivity index (χ1v) is 8.48. The fourth-order valence-corrected chi connectivity index (χ4v) is 5.65. The number of rotatable bonds is 2. The standard InChI is InChI=1S/C10H15BrN2O2S2/c1-7-6-9(16-10(7)11)17(14,15)13-4-2-8(12)3-5-13/h6,8H,2-5,12H2,1H3. The van der Waals surface area contributed by atoms with Crippen LogP contribution in [-0.2, 0) is 10.0 Å². The van der Waals surface area contributed by atoms with E-state index in [0.717, 1.165) is 22.2 Å². The van der Waals surface area contributed by atoms with E-state index in [2.05, 4.69) is 15.9 Å². The number of hydrogen-bond acceptors (Lipinski definition) is 4. The van der Waals surface area contributed by atoms with Gasteiger partial charge in [-0.25, -0.2) is 8.42 Å². The Kier molecular flexibility index (Phi) is 3.94. The number of halogens is 1. The molecule has 1 aliphatic heterocycles. The zero-order valence-electron chi connectivity index (χ0n) is 9.52. The van der Waals surface area contributed by atoms with Crippen molar-refractivity contribution in [3.8, 4) is 0 Å². The second-order valence-corrected chi connectivity index (χ2v) is 8.80. The predicted molar refractivity (Wildman–Crippen MR) is 72.7 cm³/mol. The number of sulfonamides is 1. The van der Waals surface area contributed by atoms with Crippen molar-refractivity contribution in [1.82, 2.24) is 4.31 Å². The summed E-state index contributed by atoms with van der Waals surface area (Å²) in [7, 11) is -3.32. The highest BCUT2D eigenvalue weighted by molar-refractivity contribution is 9.11. The maximum Gasteiger partial charge on any atom is 0.252 e. The highest BCUT2D eigenvalue weighted by atomic mass is 79.9. The molecule has 0 bridgehead atoms. The monoisotopic (exact) mass is 338 g/mol. The number of thiophene rings is 1. The molecule has 2 heterocycles. The van der Waals surface area contributed by atoms with Crippen molar-refractivity contribution in [2.75, 3.05) is 13.1 Å². The molecule has 0 atom stereocenters. The smallest absolute Gasteiger partial charge is 0.252 e. The molecular weight excluding hydrogens is 324 g/mol. The highest BCUT2D eigenvalue weighted by Gasteiger charge is 2.29. The second kappa shape index (κ2) is 4.97. The van der Waals surface area contributed by atoms with Crippen LogP contribution >= 0.6 is 27.3 Å². The Labute approximate surface area is 114 Å². The summed E-state index contributed by atoms with van der Waals surface area (Å²) in [6.07, 6.45) is 1.48. The molecular formula is C10H15BrN2O2S2. The summed E-state index contributed by atoms with van der Waals surface area (Å²) in [5, 5.41) is 0. The van der Waals surface area contributed by atoms with Gasteiger partial charge in [0.15, 0.2) is 0 Å². The van der Waals surface area contributed by atoms with E-state index in [1.165, 1.54) is 15.6 Å². The molecule has 1 aromatic rings. The van der Waals surface area contributed by atoms with Crippen LogP contribution in [0.15, 0.2) is 14.1 Å². The minimum atomic E-state index is -3.32. The first-order valence-electron chi connectivity index (χ1n) is 5.43. The molecule has 0 amide bonds. The van der Waals surface area contributed by atoms with Crippen molar-refractivity contribution in [3.05, 3.63) is 15.4 Å². The van der Waals surface area contributed by atoms with Crippen molar-refractivity contribution in [2.24, 2.45) is 5.73 Å². The van der Waals surface area contributed by atoms with Crippen molar-refractivity contribution in [1.29, 1.82) is 0 Å². The van der Waals surface area contributed by atoms with Crippen LogP contribution < -0.4 is 5.73 Å². The number of aryl methyl sites for hydroxylation is 1. The van der Waals surface area contributed by atoms with E-state index in [4.69, 9.17) is 5.73 Å². The van der Waals surface area contributed by atoms with Crippen LogP contribution in [0.5, 0.6) is 0 Å². The van der Waals surface area contributed by atoms with Crippen LogP contribution in [-0.4, -0.2) is 31.9 Å². The summed E-state index contributed by atoms with van der Waals surface area (Å²) < 4.78 is 27.5. The first kappa shape index (κ1) is 13.5. The number of piperidine rings is 1. The molecule has 2 rings (SSSR count). The maximum absolute atomic E-state index is 12.3.